The van der Waals surface area contributed by atoms with Crippen molar-refractivity contribution >= 4 is 11.6 Å². The van der Waals surface area contributed by atoms with E-state index in [4.69, 9.17) is 0 Å². The van der Waals surface area contributed by atoms with E-state index < -0.39 is 0 Å². The molecule has 1 saturated heterocycles. The molecule has 1 aliphatic rings. The van der Waals surface area contributed by atoms with Crippen molar-refractivity contribution in [3.05, 3.63) is 23.9 Å². The first-order valence-corrected chi connectivity index (χ1v) is 6.60. The SMILES string of the molecule is Cc1cccc2nc(NCC3CCNCC3)nn12. The highest BCUT2D eigenvalue weighted by molar-refractivity contribution is 5.44. The largest absolute Gasteiger partial charge is 0.353 e. The Morgan fingerprint density at radius 1 is 1.39 bits per heavy atom. The van der Waals surface area contributed by atoms with Gasteiger partial charge in [-0.05, 0) is 50.9 Å². The third-order valence-electron chi connectivity index (χ3n) is 3.56. The fraction of sp³-hybridized carbons (Fsp3) is 0.538. The van der Waals surface area contributed by atoms with E-state index >= 15 is 0 Å². The van der Waals surface area contributed by atoms with Crippen molar-refractivity contribution in [2.24, 2.45) is 5.92 Å². The predicted octanol–water partition coefficient (Wildman–Crippen LogP) is 1.45. The second-order valence-corrected chi connectivity index (χ2v) is 4.95. The molecule has 0 amide bonds. The molecule has 2 aromatic rings. The Morgan fingerprint density at radius 2 is 2.22 bits per heavy atom. The zero-order valence-corrected chi connectivity index (χ0v) is 10.7. The third-order valence-corrected chi connectivity index (χ3v) is 3.56. The number of anilines is 1. The lowest BCUT2D eigenvalue weighted by Gasteiger charge is -2.22. The van der Waals surface area contributed by atoms with Gasteiger partial charge in [-0.2, -0.15) is 4.98 Å². The smallest absolute Gasteiger partial charge is 0.243 e. The number of hydrogen-bond donors (Lipinski definition) is 2. The van der Waals surface area contributed by atoms with E-state index in [2.05, 4.69) is 20.7 Å². The molecule has 5 heteroatoms. The number of aromatic nitrogens is 3. The quantitative estimate of drug-likeness (QED) is 0.859. The van der Waals surface area contributed by atoms with Crippen molar-refractivity contribution in [1.29, 1.82) is 0 Å². The zero-order chi connectivity index (χ0) is 12.4. The van der Waals surface area contributed by atoms with Gasteiger partial charge in [0.15, 0.2) is 5.65 Å². The van der Waals surface area contributed by atoms with Crippen LogP contribution < -0.4 is 10.6 Å². The summed E-state index contributed by atoms with van der Waals surface area (Å²) in [6.07, 6.45) is 2.47. The van der Waals surface area contributed by atoms with Crippen molar-refractivity contribution in [3.8, 4) is 0 Å². The molecule has 0 saturated carbocycles. The molecule has 0 atom stereocenters. The molecule has 0 bridgehead atoms. The summed E-state index contributed by atoms with van der Waals surface area (Å²) in [7, 11) is 0. The van der Waals surface area contributed by atoms with Gasteiger partial charge in [0.25, 0.3) is 0 Å². The number of piperidine rings is 1. The Balaban J connectivity index is 1.69. The molecule has 18 heavy (non-hydrogen) atoms. The highest BCUT2D eigenvalue weighted by atomic mass is 15.3. The molecule has 0 unspecified atom stereocenters. The Bertz CT molecular complexity index is 527. The molecule has 0 aliphatic carbocycles. The molecule has 0 aromatic carbocycles. The van der Waals surface area contributed by atoms with Gasteiger partial charge in [0.05, 0.1) is 0 Å². The average Bonchev–Trinajstić information content (AvgIpc) is 2.82. The minimum atomic E-state index is 0.735. The summed E-state index contributed by atoms with van der Waals surface area (Å²) in [5, 5.41) is 11.2. The number of rotatable bonds is 3. The summed E-state index contributed by atoms with van der Waals surface area (Å²) in [5.74, 6) is 1.47. The number of hydrogen-bond acceptors (Lipinski definition) is 4. The van der Waals surface area contributed by atoms with Crippen LogP contribution >= 0.6 is 0 Å². The number of nitrogens with zero attached hydrogens (tertiary/aromatic N) is 3. The monoisotopic (exact) mass is 245 g/mol. The van der Waals surface area contributed by atoms with Gasteiger partial charge >= 0.3 is 0 Å². The molecule has 3 rings (SSSR count). The summed E-state index contributed by atoms with van der Waals surface area (Å²) in [6, 6.07) is 6.03. The lowest BCUT2D eigenvalue weighted by Crippen LogP contribution is -2.31. The number of fused-ring (bicyclic) bond motifs is 1. The molecule has 0 spiro atoms. The molecular weight excluding hydrogens is 226 g/mol. The Morgan fingerprint density at radius 3 is 3.00 bits per heavy atom. The van der Waals surface area contributed by atoms with Gasteiger partial charge in [0.1, 0.15) is 0 Å². The number of nitrogens with one attached hydrogen (secondary N) is 2. The fourth-order valence-corrected chi connectivity index (χ4v) is 2.43. The van der Waals surface area contributed by atoms with Crippen LogP contribution in [0.4, 0.5) is 5.95 Å². The Hall–Kier alpha value is -1.62. The first-order valence-electron chi connectivity index (χ1n) is 6.60. The van der Waals surface area contributed by atoms with Gasteiger partial charge < -0.3 is 10.6 Å². The van der Waals surface area contributed by atoms with Crippen LogP contribution in [0, 0.1) is 12.8 Å². The van der Waals surface area contributed by atoms with Gasteiger partial charge in [-0.1, -0.05) is 6.07 Å². The van der Waals surface area contributed by atoms with E-state index in [1.54, 1.807) is 0 Å². The highest BCUT2D eigenvalue weighted by Crippen LogP contribution is 2.13. The minimum absolute atomic E-state index is 0.735. The highest BCUT2D eigenvalue weighted by Gasteiger charge is 2.13. The Labute approximate surface area is 107 Å². The molecule has 3 heterocycles. The number of aryl methyl sites for hydroxylation is 1. The van der Waals surface area contributed by atoms with E-state index in [-0.39, 0.29) is 0 Å². The lowest BCUT2D eigenvalue weighted by atomic mass is 9.98. The fourth-order valence-electron chi connectivity index (χ4n) is 2.43. The van der Waals surface area contributed by atoms with Crippen LogP contribution in [0.15, 0.2) is 18.2 Å². The molecule has 0 radical (unpaired) electrons. The van der Waals surface area contributed by atoms with E-state index in [0.29, 0.717) is 0 Å². The van der Waals surface area contributed by atoms with Crippen LogP contribution in [0.3, 0.4) is 0 Å². The van der Waals surface area contributed by atoms with Crippen LogP contribution in [-0.4, -0.2) is 34.2 Å². The maximum atomic E-state index is 4.48. The average molecular weight is 245 g/mol. The molecule has 2 aromatic heterocycles. The lowest BCUT2D eigenvalue weighted by molar-refractivity contribution is 0.389. The van der Waals surface area contributed by atoms with Crippen molar-refractivity contribution in [3.63, 3.8) is 0 Å². The van der Waals surface area contributed by atoms with Crippen molar-refractivity contribution in [1.82, 2.24) is 19.9 Å². The van der Waals surface area contributed by atoms with E-state index in [1.165, 1.54) is 12.8 Å². The first-order chi connectivity index (χ1) is 8.83. The second-order valence-electron chi connectivity index (χ2n) is 4.95. The summed E-state index contributed by atoms with van der Waals surface area (Å²) in [6.45, 7) is 5.27. The van der Waals surface area contributed by atoms with E-state index in [0.717, 1.165) is 42.8 Å². The van der Waals surface area contributed by atoms with Crippen molar-refractivity contribution in [2.45, 2.75) is 19.8 Å². The van der Waals surface area contributed by atoms with Crippen LogP contribution in [0.2, 0.25) is 0 Å². The zero-order valence-electron chi connectivity index (χ0n) is 10.7. The van der Waals surface area contributed by atoms with Gasteiger partial charge in [-0.3, -0.25) is 0 Å². The van der Waals surface area contributed by atoms with Crippen LogP contribution in [-0.2, 0) is 0 Å². The summed E-state index contributed by atoms with van der Waals surface area (Å²) in [4.78, 5) is 4.48. The summed E-state index contributed by atoms with van der Waals surface area (Å²) < 4.78 is 1.88. The standard InChI is InChI=1S/C13H19N5/c1-10-3-2-4-12-16-13(17-18(10)12)15-9-11-5-7-14-8-6-11/h2-4,11,14H,5-9H2,1H3,(H,15,17). The molecule has 2 N–H and O–H groups in total. The van der Waals surface area contributed by atoms with Gasteiger partial charge in [-0.15, -0.1) is 5.10 Å². The maximum absolute atomic E-state index is 4.48. The second kappa shape index (κ2) is 4.94. The van der Waals surface area contributed by atoms with Crippen LogP contribution in [0.5, 0.6) is 0 Å². The molecule has 96 valence electrons. The molecule has 1 fully saturated rings. The molecule has 5 nitrogen and oxygen atoms in total. The van der Waals surface area contributed by atoms with Crippen LogP contribution in [0.1, 0.15) is 18.5 Å². The van der Waals surface area contributed by atoms with Crippen molar-refractivity contribution in [2.75, 3.05) is 25.0 Å². The maximum Gasteiger partial charge on any atom is 0.243 e. The van der Waals surface area contributed by atoms with Gasteiger partial charge in [0, 0.05) is 12.2 Å². The predicted molar refractivity (Wildman–Crippen MR) is 71.8 cm³/mol. The van der Waals surface area contributed by atoms with E-state index in [9.17, 15) is 0 Å². The molecule has 1 aliphatic heterocycles. The number of pyridine rings is 1. The normalized spacial score (nSPS) is 17.2. The van der Waals surface area contributed by atoms with E-state index in [1.807, 2.05) is 29.6 Å². The van der Waals surface area contributed by atoms with Gasteiger partial charge in [0.2, 0.25) is 5.95 Å². The van der Waals surface area contributed by atoms with Crippen LogP contribution in [0.25, 0.3) is 5.65 Å². The first kappa shape index (κ1) is 11.5. The topological polar surface area (TPSA) is 54.2 Å². The summed E-state index contributed by atoms with van der Waals surface area (Å²) >= 11 is 0. The van der Waals surface area contributed by atoms with Gasteiger partial charge in [-0.25, -0.2) is 4.52 Å². The molecular formula is C13H19N5. The Kier molecular flexibility index (Phi) is 3.15. The third kappa shape index (κ3) is 2.31. The minimum Gasteiger partial charge on any atom is -0.353 e. The van der Waals surface area contributed by atoms with Crippen molar-refractivity contribution < 1.29 is 0 Å². The summed E-state index contributed by atoms with van der Waals surface area (Å²) in [5.41, 5.74) is 2.01.